The zero-order chi connectivity index (χ0) is 13.5. The van der Waals surface area contributed by atoms with E-state index in [1.54, 1.807) is 12.1 Å². The second-order valence-electron chi connectivity index (χ2n) is 4.66. The van der Waals surface area contributed by atoms with Gasteiger partial charge in [-0.2, -0.15) is 0 Å². The Hall–Kier alpha value is -0.640. The maximum Gasteiger partial charge on any atom is 0.127 e. The number of hydrogen-bond acceptors (Lipinski definition) is 2. The Morgan fingerprint density at radius 1 is 1.44 bits per heavy atom. The van der Waals surface area contributed by atoms with E-state index in [9.17, 15) is 4.39 Å². The van der Waals surface area contributed by atoms with E-state index < -0.39 is 0 Å². The Kier molecular flexibility index (Phi) is 6.61. The molecular weight excluding hydrogens is 251 g/mol. The fourth-order valence-electron chi connectivity index (χ4n) is 1.88. The Balaban J connectivity index is 2.37. The molecule has 0 saturated carbocycles. The monoisotopic (exact) mass is 272 g/mol. The summed E-state index contributed by atoms with van der Waals surface area (Å²) in [5.74, 6) is -0.220. The Bertz CT molecular complexity index is 351. The molecule has 0 aliphatic heterocycles. The summed E-state index contributed by atoms with van der Waals surface area (Å²) in [4.78, 5) is 2.24. The molecule has 1 aromatic rings. The van der Waals surface area contributed by atoms with Crippen molar-refractivity contribution < 1.29 is 4.39 Å². The second kappa shape index (κ2) is 7.72. The number of likely N-dealkylation sites (N-methyl/N-ethyl adjacent to an activating group) is 1. The fraction of sp³-hybridized carbons (Fsp3) is 0.571. The van der Waals surface area contributed by atoms with Crippen molar-refractivity contribution in [3.63, 3.8) is 0 Å². The van der Waals surface area contributed by atoms with E-state index >= 15 is 0 Å². The van der Waals surface area contributed by atoms with Crippen LogP contribution in [0.3, 0.4) is 0 Å². The van der Waals surface area contributed by atoms with E-state index in [0.717, 1.165) is 19.6 Å². The van der Waals surface area contributed by atoms with E-state index in [4.69, 9.17) is 11.6 Å². The summed E-state index contributed by atoms with van der Waals surface area (Å²) in [6, 6.07) is 5.21. The lowest BCUT2D eigenvalue weighted by Crippen LogP contribution is -2.38. The van der Waals surface area contributed by atoms with Crippen molar-refractivity contribution >= 4 is 11.6 Å². The van der Waals surface area contributed by atoms with Gasteiger partial charge in [0.15, 0.2) is 0 Å². The normalized spacial score (nSPS) is 13.0. The van der Waals surface area contributed by atoms with E-state index in [2.05, 4.69) is 31.1 Å². The minimum absolute atomic E-state index is 0.220. The number of rotatable bonds is 7. The van der Waals surface area contributed by atoms with Gasteiger partial charge in [-0.3, -0.25) is 0 Å². The lowest BCUT2D eigenvalue weighted by molar-refractivity contribution is 0.311. The summed E-state index contributed by atoms with van der Waals surface area (Å²) >= 11 is 5.98. The van der Waals surface area contributed by atoms with Crippen LogP contribution >= 0.6 is 11.6 Å². The van der Waals surface area contributed by atoms with Crippen LogP contribution in [0.1, 0.15) is 19.4 Å². The molecule has 0 bridgehead atoms. The van der Waals surface area contributed by atoms with Crippen LogP contribution in [-0.2, 0) is 6.42 Å². The predicted octanol–water partition coefficient (Wildman–Crippen LogP) is 2.95. The first-order valence-electron chi connectivity index (χ1n) is 6.39. The Labute approximate surface area is 114 Å². The minimum Gasteiger partial charge on any atom is -0.313 e. The van der Waals surface area contributed by atoms with Crippen molar-refractivity contribution in [3.8, 4) is 0 Å². The summed E-state index contributed by atoms with van der Waals surface area (Å²) < 4.78 is 13.5. The third kappa shape index (κ3) is 4.92. The minimum atomic E-state index is -0.220. The number of benzene rings is 1. The predicted molar refractivity (Wildman–Crippen MR) is 75.7 cm³/mol. The fourth-order valence-corrected chi connectivity index (χ4v) is 2.13. The summed E-state index contributed by atoms with van der Waals surface area (Å²) in [5, 5.41) is 3.89. The van der Waals surface area contributed by atoms with Crippen LogP contribution in [0.15, 0.2) is 18.2 Å². The first-order chi connectivity index (χ1) is 8.54. The highest BCUT2D eigenvalue weighted by Crippen LogP contribution is 2.18. The highest BCUT2D eigenvalue weighted by Gasteiger charge is 2.08. The van der Waals surface area contributed by atoms with Gasteiger partial charge >= 0.3 is 0 Å². The summed E-state index contributed by atoms with van der Waals surface area (Å²) in [5.41, 5.74) is 0.600. The molecule has 1 rings (SSSR count). The van der Waals surface area contributed by atoms with E-state index in [-0.39, 0.29) is 5.82 Å². The summed E-state index contributed by atoms with van der Waals surface area (Å²) in [6.45, 7) is 7.02. The molecule has 102 valence electrons. The van der Waals surface area contributed by atoms with Gasteiger partial charge in [-0.15, -0.1) is 0 Å². The van der Waals surface area contributed by atoms with Crippen LogP contribution in [0.25, 0.3) is 0 Å². The zero-order valence-corrected chi connectivity index (χ0v) is 12.1. The molecule has 0 aliphatic carbocycles. The molecule has 2 nitrogen and oxygen atoms in total. The molecule has 0 saturated heterocycles. The van der Waals surface area contributed by atoms with Crippen molar-refractivity contribution in [2.45, 2.75) is 26.3 Å². The number of halogens is 2. The van der Waals surface area contributed by atoms with E-state index in [0.29, 0.717) is 23.0 Å². The van der Waals surface area contributed by atoms with E-state index in [1.807, 2.05) is 0 Å². The molecule has 1 unspecified atom stereocenters. The van der Waals surface area contributed by atoms with Gasteiger partial charge in [-0.05, 0) is 45.6 Å². The van der Waals surface area contributed by atoms with Crippen LogP contribution in [0.5, 0.6) is 0 Å². The van der Waals surface area contributed by atoms with Crippen molar-refractivity contribution in [2.24, 2.45) is 0 Å². The molecule has 1 aromatic carbocycles. The van der Waals surface area contributed by atoms with Crippen molar-refractivity contribution in [1.82, 2.24) is 10.2 Å². The van der Waals surface area contributed by atoms with Gasteiger partial charge < -0.3 is 10.2 Å². The number of hydrogen-bond donors (Lipinski definition) is 1. The molecule has 0 fully saturated rings. The highest BCUT2D eigenvalue weighted by molar-refractivity contribution is 6.31. The Morgan fingerprint density at radius 2 is 2.17 bits per heavy atom. The van der Waals surface area contributed by atoms with Crippen LogP contribution in [0.4, 0.5) is 4.39 Å². The van der Waals surface area contributed by atoms with E-state index in [1.165, 1.54) is 6.07 Å². The van der Waals surface area contributed by atoms with Gasteiger partial charge in [0.2, 0.25) is 0 Å². The van der Waals surface area contributed by atoms with Gasteiger partial charge in [0.1, 0.15) is 5.82 Å². The van der Waals surface area contributed by atoms with Gasteiger partial charge in [-0.25, -0.2) is 4.39 Å². The van der Waals surface area contributed by atoms with Crippen molar-refractivity contribution in [3.05, 3.63) is 34.6 Å². The van der Waals surface area contributed by atoms with Gasteiger partial charge in [0.05, 0.1) is 0 Å². The number of nitrogens with zero attached hydrogens (tertiary/aromatic N) is 1. The largest absolute Gasteiger partial charge is 0.313 e. The van der Waals surface area contributed by atoms with Crippen LogP contribution in [0, 0.1) is 5.82 Å². The average molecular weight is 273 g/mol. The molecular formula is C14H22ClFN2. The van der Waals surface area contributed by atoms with Crippen LogP contribution in [-0.4, -0.2) is 37.6 Å². The first kappa shape index (κ1) is 15.4. The molecule has 0 spiro atoms. The van der Waals surface area contributed by atoms with Gasteiger partial charge in [-0.1, -0.05) is 24.6 Å². The standard InChI is InChI=1S/C14H22ClFN2/c1-4-18(3)10-11(2)17-9-8-12-13(15)6-5-7-14(12)16/h5-7,11,17H,4,8-10H2,1-3H3. The molecule has 0 amide bonds. The lowest BCUT2D eigenvalue weighted by Gasteiger charge is -2.20. The average Bonchev–Trinajstić information content (AvgIpc) is 2.32. The lowest BCUT2D eigenvalue weighted by atomic mass is 10.1. The van der Waals surface area contributed by atoms with Crippen molar-refractivity contribution in [2.75, 3.05) is 26.7 Å². The SMILES string of the molecule is CCN(C)CC(C)NCCc1c(F)cccc1Cl. The molecule has 0 radical (unpaired) electrons. The molecule has 1 atom stereocenters. The molecule has 0 aromatic heterocycles. The molecule has 0 aliphatic rings. The Morgan fingerprint density at radius 3 is 2.78 bits per heavy atom. The highest BCUT2D eigenvalue weighted by atomic mass is 35.5. The third-order valence-corrected chi connectivity index (χ3v) is 3.41. The smallest absolute Gasteiger partial charge is 0.127 e. The molecule has 18 heavy (non-hydrogen) atoms. The van der Waals surface area contributed by atoms with Crippen LogP contribution in [0.2, 0.25) is 5.02 Å². The topological polar surface area (TPSA) is 15.3 Å². The molecule has 0 heterocycles. The maximum atomic E-state index is 13.5. The maximum absolute atomic E-state index is 13.5. The third-order valence-electron chi connectivity index (χ3n) is 3.05. The molecule has 4 heteroatoms. The first-order valence-corrected chi connectivity index (χ1v) is 6.77. The molecule has 1 N–H and O–H groups in total. The van der Waals surface area contributed by atoms with Crippen molar-refractivity contribution in [1.29, 1.82) is 0 Å². The quantitative estimate of drug-likeness (QED) is 0.821. The summed E-state index contributed by atoms with van der Waals surface area (Å²) in [6.07, 6.45) is 0.617. The van der Waals surface area contributed by atoms with Gasteiger partial charge in [0, 0.05) is 23.2 Å². The number of nitrogens with one attached hydrogen (secondary N) is 1. The zero-order valence-electron chi connectivity index (χ0n) is 11.3. The second-order valence-corrected chi connectivity index (χ2v) is 5.07. The van der Waals surface area contributed by atoms with Crippen LogP contribution < -0.4 is 5.32 Å². The summed E-state index contributed by atoms with van der Waals surface area (Å²) in [7, 11) is 2.09. The van der Waals surface area contributed by atoms with Gasteiger partial charge in [0.25, 0.3) is 0 Å².